The molecule has 0 bridgehead atoms. The average molecular weight is 415 g/mol. The lowest BCUT2D eigenvalue weighted by Crippen LogP contribution is -2.38. The highest BCUT2D eigenvalue weighted by molar-refractivity contribution is 5.36. The Labute approximate surface area is 180 Å². The molecular weight excluding hydrogens is 379 g/mol. The monoisotopic (exact) mass is 414 g/mol. The molecule has 1 heterocycles. The molecule has 164 valence electrons. The Morgan fingerprint density at radius 2 is 1.93 bits per heavy atom. The molecule has 0 radical (unpaired) electrons. The number of hydrogen-bond donors (Lipinski definition) is 1. The minimum absolute atomic E-state index is 0.000962. The highest BCUT2D eigenvalue weighted by atomic mass is 19.1. The fourth-order valence-electron chi connectivity index (χ4n) is 4.34. The normalized spacial score (nSPS) is 15.6. The summed E-state index contributed by atoms with van der Waals surface area (Å²) in [5, 5.41) is 9.60. The van der Waals surface area contributed by atoms with Crippen molar-refractivity contribution in [3.05, 3.63) is 65.0 Å². The summed E-state index contributed by atoms with van der Waals surface area (Å²) >= 11 is 0. The van der Waals surface area contributed by atoms with Crippen LogP contribution in [0.2, 0.25) is 0 Å². The molecule has 0 amide bonds. The van der Waals surface area contributed by atoms with E-state index in [2.05, 4.69) is 29.0 Å². The van der Waals surface area contributed by atoms with E-state index in [-0.39, 0.29) is 12.4 Å². The first-order valence-electron chi connectivity index (χ1n) is 11.1. The second-order valence-electron chi connectivity index (χ2n) is 8.39. The van der Waals surface area contributed by atoms with Crippen molar-refractivity contribution in [3.8, 4) is 5.75 Å². The first-order chi connectivity index (χ1) is 14.6. The molecule has 5 heteroatoms. The number of rotatable bonds is 10. The van der Waals surface area contributed by atoms with Gasteiger partial charge in [0.25, 0.3) is 0 Å². The van der Waals surface area contributed by atoms with Gasteiger partial charge in [-0.25, -0.2) is 4.39 Å². The lowest BCUT2D eigenvalue weighted by molar-refractivity contribution is 0.153. The SMILES string of the molecule is CCOc1ccc(CN(C)CC2CCN(CCc3cccc(F)c3)CC2)cc1CO. The van der Waals surface area contributed by atoms with E-state index in [1.54, 1.807) is 12.1 Å². The summed E-state index contributed by atoms with van der Waals surface area (Å²) in [6.45, 7) is 7.75. The van der Waals surface area contributed by atoms with E-state index < -0.39 is 0 Å². The summed E-state index contributed by atoms with van der Waals surface area (Å²) in [7, 11) is 2.17. The van der Waals surface area contributed by atoms with Crippen molar-refractivity contribution in [2.45, 2.75) is 39.3 Å². The van der Waals surface area contributed by atoms with Crippen LogP contribution in [0, 0.1) is 11.7 Å². The summed E-state index contributed by atoms with van der Waals surface area (Å²) in [6.07, 6.45) is 3.32. The Morgan fingerprint density at radius 1 is 1.13 bits per heavy atom. The van der Waals surface area contributed by atoms with Crippen LogP contribution in [0.1, 0.15) is 36.5 Å². The Balaban J connectivity index is 1.41. The largest absolute Gasteiger partial charge is 0.494 e. The zero-order valence-electron chi connectivity index (χ0n) is 18.3. The van der Waals surface area contributed by atoms with Crippen LogP contribution in [0.5, 0.6) is 5.75 Å². The van der Waals surface area contributed by atoms with Gasteiger partial charge < -0.3 is 19.6 Å². The van der Waals surface area contributed by atoms with E-state index in [1.165, 1.54) is 24.5 Å². The molecule has 1 aliphatic heterocycles. The minimum Gasteiger partial charge on any atom is -0.494 e. The molecule has 3 rings (SSSR count). The number of halogens is 1. The van der Waals surface area contributed by atoms with Gasteiger partial charge in [0.05, 0.1) is 13.2 Å². The van der Waals surface area contributed by atoms with Crippen molar-refractivity contribution in [3.63, 3.8) is 0 Å². The smallest absolute Gasteiger partial charge is 0.124 e. The standard InChI is InChI=1S/C25H35FN2O2/c1-3-30-25-8-7-22(15-23(25)19-29)18-27(2)17-21-10-13-28(14-11-21)12-9-20-5-4-6-24(26)16-20/h4-8,15-16,21,29H,3,9-14,17-19H2,1-2H3. The lowest BCUT2D eigenvalue weighted by Gasteiger charge is -2.34. The Morgan fingerprint density at radius 3 is 2.63 bits per heavy atom. The number of piperidine rings is 1. The third-order valence-corrected chi connectivity index (χ3v) is 5.93. The first kappa shape index (κ1) is 22.7. The van der Waals surface area contributed by atoms with E-state index >= 15 is 0 Å². The van der Waals surface area contributed by atoms with Gasteiger partial charge in [-0.3, -0.25) is 0 Å². The van der Waals surface area contributed by atoms with Crippen LogP contribution in [0.3, 0.4) is 0 Å². The third-order valence-electron chi connectivity index (χ3n) is 5.93. The Kier molecular flexibility index (Phi) is 8.67. The van der Waals surface area contributed by atoms with Gasteiger partial charge in [-0.1, -0.05) is 18.2 Å². The molecule has 1 fully saturated rings. The van der Waals surface area contributed by atoms with Gasteiger partial charge in [-0.15, -0.1) is 0 Å². The van der Waals surface area contributed by atoms with E-state index in [1.807, 2.05) is 19.1 Å². The van der Waals surface area contributed by atoms with E-state index in [4.69, 9.17) is 4.74 Å². The van der Waals surface area contributed by atoms with E-state index in [9.17, 15) is 9.50 Å². The number of aliphatic hydroxyl groups is 1. The zero-order chi connectivity index (χ0) is 21.3. The van der Waals surface area contributed by atoms with Crippen molar-refractivity contribution < 1.29 is 14.2 Å². The maximum Gasteiger partial charge on any atom is 0.124 e. The topological polar surface area (TPSA) is 35.9 Å². The molecule has 4 nitrogen and oxygen atoms in total. The molecular formula is C25H35FN2O2. The van der Waals surface area contributed by atoms with Gasteiger partial charge in [0, 0.05) is 25.2 Å². The Bertz CT molecular complexity index is 790. The molecule has 0 saturated carbocycles. The molecule has 30 heavy (non-hydrogen) atoms. The number of benzene rings is 2. The second-order valence-corrected chi connectivity index (χ2v) is 8.39. The van der Waals surface area contributed by atoms with Gasteiger partial charge in [0.2, 0.25) is 0 Å². The summed E-state index contributed by atoms with van der Waals surface area (Å²) in [4.78, 5) is 4.88. The maximum absolute atomic E-state index is 13.3. The number of ether oxygens (including phenoxy) is 1. The fraction of sp³-hybridized carbons (Fsp3) is 0.520. The van der Waals surface area contributed by atoms with Gasteiger partial charge in [0.1, 0.15) is 11.6 Å². The molecule has 0 spiro atoms. The second kappa shape index (κ2) is 11.4. The average Bonchev–Trinajstić information content (AvgIpc) is 2.74. The number of hydrogen-bond acceptors (Lipinski definition) is 4. The van der Waals surface area contributed by atoms with Crippen LogP contribution in [0.4, 0.5) is 4.39 Å². The lowest BCUT2D eigenvalue weighted by atomic mass is 9.95. The molecule has 0 atom stereocenters. The fourth-order valence-corrected chi connectivity index (χ4v) is 4.34. The van der Waals surface area contributed by atoms with E-state index in [0.29, 0.717) is 12.5 Å². The van der Waals surface area contributed by atoms with E-state index in [0.717, 1.165) is 56.0 Å². The quantitative estimate of drug-likeness (QED) is 0.635. The predicted octanol–water partition coefficient (Wildman–Crippen LogP) is 4.10. The van der Waals surface area contributed by atoms with Crippen LogP contribution < -0.4 is 4.74 Å². The highest BCUT2D eigenvalue weighted by Crippen LogP contribution is 2.23. The third kappa shape index (κ3) is 6.79. The molecule has 1 saturated heterocycles. The molecule has 0 aliphatic carbocycles. The molecule has 2 aromatic carbocycles. The van der Waals surface area contributed by atoms with Gasteiger partial charge in [0.15, 0.2) is 0 Å². The molecule has 0 aromatic heterocycles. The van der Waals surface area contributed by atoms with Crippen molar-refractivity contribution in [1.82, 2.24) is 9.80 Å². The molecule has 1 N–H and O–H groups in total. The summed E-state index contributed by atoms with van der Waals surface area (Å²) in [5.74, 6) is 1.34. The number of aliphatic hydroxyl groups excluding tert-OH is 1. The van der Waals surface area contributed by atoms with Crippen LogP contribution in [-0.2, 0) is 19.6 Å². The van der Waals surface area contributed by atoms with Gasteiger partial charge >= 0.3 is 0 Å². The Hall–Kier alpha value is -1.95. The zero-order valence-corrected chi connectivity index (χ0v) is 18.3. The van der Waals surface area contributed by atoms with Crippen LogP contribution in [-0.4, -0.2) is 54.7 Å². The molecule has 1 aliphatic rings. The van der Waals surface area contributed by atoms with Crippen LogP contribution >= 0.6 is 0 Å². The molecule has 0 unspecified atom stereocenters. The van der Waals surface area contributed by atoms with Crippen molar-refractivity contribution in [1.29, 1.82) is 0 Å². The minimum atomic E-state index is -0.145. The number of likely N-dealkylation sites (tertiary alicyclic amines) is 1. The van der Waals surface area contributed by atoms with Gasteiger partial charge in [-0.2, -0.15) is 0 Å². The highest BCUT2D eigenvalue weighted by Gasteiger charge is 2.20. The van der Waals surface area contributed by atoms with Crippen LogP contribution in [0.15, 0.2) is 42.5 Å². The summed E-state index contributed by atoms with van der Waals surface area (Å²) in [5.41, 5.74) is 3.14. The molecule has 2 aromatic rings. The van der Waals surface area contributed by atoms with Gasteiger partial charge in [-0.05, 0) is 87.6 Å². The number of nitrogens with zero attached hydrogens (tertiary/aromatic N) is 2. The van der Waals surface area contributed by atoms with Crippen molar-refractivity contribution >= 4 is 0 Å². The van der Waals surface area contributed by atoms with Crippen LogP contribution in [0.25, 0.3) is 0 Å². The first-order valence-corrected chi connectivity index (χ1v) is 11.1. The van der Waals surface area contributed by atoms with Crippen molar-refractivity contribution in [2.24, 2.45) is 5.92 Å². The summed E-state index contributed by atoms with van der Waals surface area (Å²) < 4.78 is 18.9. The predicted molar refractivity (Wildman–Crippen MR) is 119 cm³/mol. The van der Waals surface area contributed by atoms with Crippen molar-refractivity contribution in [2.75, 3.05) is 39.8 Å². The summed E-state index contributed by atoms with van der Waals surface area (Å²) in [6, 6.07) is 13.1. The maximum atomic E-state index is 13.3.